The van der Waals surface area contributed by atoms with Gasteiger partial charge in [-0.05, 0) is 18.2 Å². The monoisotopic (exact) mass is 225 g/mol. The van der Waals surface area contributed by atoms with E-state index in [1.807, 2.05) is 0 Å². The molecule has 1 N–H and O–H groups in total. The Balaban J connectivity index is 2.22. The summed E-state index contributed by atoms with van der Waals surface area (Å²) in [6.45, 7) is 1.88. The first-order valence-corrected chi connectivity index (χ1v) is 5.04. The number of halogens is 1. The van der Waals surface area contributed by atoms with Crippen LogP contribution in [-0.2, 0) is 4.74 Å². The molecule has 1 aliphatic rings. The van der Waals surface area contributed by atoms with Crippen LogP contribution in [0.15, 0.2) is 18.2 Å². The van der Waals surface area contributed by atoms with Gasteiger partial charge >= 0.3 is 0 Å². The van der Waals surface area contributed by atoms with Crippen LogP contribution in [0.3, 0.4) is 0 Å². The van der Waals surface area contributed by atoms with Crippen molar-refractivity contribution in [2.75, 3.05) is 26.3 Å². The Bertz CT molecular complexity index is 402. The van der Waals surface area contributed by atoms with Gasteiger partial charge in [-0.2, -0.15) is 0 Å². The predicted octanol–water partition coefficient (Wildman–Crippen LogP) is 1.00. The summed E-state index contributed by atoms with van der Waals surface area (Å²) in [5.41, 5.74) is 0.00176. The lowest BCUT2D eigenvalue weighted by Gasteiger charge is -2.27. The van der Waals surface area contributed by atoms with Gasteiger partial charge in [0.2, 0.25) is 0 Å². The number of carbonyl (C=O) groups is 1. The number of rotatable bonds is 1. The minimum Gasteiger partial charge on any atom is -0.507 e. The van der Waals surface area contributed by atoms with Crippen molar-refractivity contribution in [1.29, 1.82) is 0 Å². The number of phenolic OH excluding ortho intramolecular Hbond substituents is 1. The normalized spacial score (nSPS) is 16.2. The predicted molar refractivity (Wildman–Crippen MR) is 54.8 cm³/mol. The number of morpholine rings is 1. The van der Waals surface area contributed by atoms with E-state index in [4.69, 9.17) is 4.74 Å². The maximum Gasteiger partial charge on any atom is 0.257 e. The number of carbonyl (C=O) groups excluding carboxylic acids is 1. The minimum atomic E-state index is -0.533. The largest absolute Gasteiger partial charge is 0.507 e. The van der Waals surface area contributed by atoms with Crippen LogP contribution in [0.25, 0.3) is 0 Å². The molecule has 1 amide bonds. The van der Waals surface area contributed by atoms with Crippen molar-refractivity contribution in [2.24, 2.45) is 0 Å². The number of phenols is 1. The minimum absolute atomic E-state index is 0.00176. The van der Waals surface area contributed by atoms with Crippen molar-refractivity contribution < 1.29 is 19.0 Å². The Kier molecular flexibility index (Phi) is 3.05. The third-order valence-corrected chi connectivity index (χ3v) is 2.49. The Morgan fingerprint density at radius 3 is 2.75 bits per heavy atom. The third kappa shape index (κ3) is 2.14. The third-order valence-electron chi connectivity index (χ3n) is 2.49. The van der Waals surface area contributed by atoms with Crippen LogP contribution < -0.4 is 0 Å². The molecule has 16 heavy (non-hydrogen) atoms. The first-order valence-electron chi connectivity index (χ1n) is 5.04. The summed E-state index contributed by atoms with van der Waals surface area (Å²) < 4.78 is 18.1. The van der Waals surface area contributed by atoms with Crippen LogP contribution in [-0.4, -0.2) is 42.2 Å². The SMILES string of the molecule is O=C(c1cc(F)ccc1O)N1CCOCC1. The fourth-order valence-corrected chi connectivity index (χ4v) is 1.62. The van der Waals surface area contributed by atoms with Crippen LogP contribution in [0.4, 0.5) is 4.39 Å². The average Bonchev–Trinajstić information content (AvgIpc) is 2.32. The summed E-state index contributed by atoms with van der Waals surface area (Å²) in [7, 11) is 0. The maximum absolute atomic E-state index is 13.0. The highest BCUT2D eigenvalue weighted by Gasteiger charge is 2.21. The van der Waals surface area contributed by atoms with E-state index in [2.05, 4.69) is 0 Å². The van der Waals surface area contributed by atoms with Gasteiger partial charge in [0.1, 0.15) is 11.6 Å². The quantitative estimate of drug-likeness (QED) is 0.775. The van der Waals surface area contributed by atoms with Gasteiger partial charge in [0.05, 0.1) is 18.8 Å². The summed E-state index contributed by atoms with van der Waals surface area (Å²) in [5.74, 6) is -1.09. The molecule has 4 nitrogen and oxygen atoms in total. The molecule has 0 spiro atoms. The zero-order valence-corrected chi connectivity index (χ0v) is 8.65. The molecule has 0 bridgehead atoms. The standard InChI is InChI=1S/C11H12FNO3/c12-8-1-2-10(14)9(7-8)11(15)13-3-5-16-6-4-13/h1-2,7,14H,3-6H2. The van der Waals surface area contributed by atoms with Crippen molar-refractivity contribution >= 4 is 5.91 Å². The molecule has 1 fully saturated rings. The number of nitrogens with zero attached hydrogens (tertiary/aromatic N) is 1. The molecule has 1 aliphatic heterocycles. The molecular formula is C11H12FNO3. The van der Waals surface area contributed by atoms with E-state index in [0.717, 1.165) is 12.1 Å². The Morgan fingerprint density at radius 1 is 1.38 bits per heavy atom. The van der Waals surface area contributed by atoms with E-state index in [-0.39, 0.29) is 17.2 Å². The average molecular weight is 225 g/mol. The topological polar surface area (TPSA) is 49.8 Å². The molecule has 1 aromatic rings. The van der Waals surface area contributed by atoms with Crippen molar-refractivity contribution in [3.05, 3.63) is 29.6 Å². The Labute approximate surface area is 92.2 Å². The second-order valence-electron chi connectivity index (χ2n) is 3.57. The molecule has 1 heterocycles. The summed E-state index contributed by atoms with van der Waals surface area (Å²) in [4.78, 5) is 13.5. The summed E-state index contributed by atoms with van der Waals surface area (Å²) in [6, 6.07) is 3.35. The van der Waals surface area contributed by atoms with E-state index in [1.54, 1.807) is 0 Å². The van der Waals surface area contributed by atoms with Gasteiger partial charge in [0.15, 0.2) is 0 Å². The molecule has 1 aromatic carbocycles. The van der Waals surface area contributed by atoms with Crippen molar-refractivity contribution in [3.63, 3.8) is 0 Å². The van der Waals surface area contributed by atoms with Crippen molar-refractivity contribution in [2.45, 2.75) is 0 Å². The van der Waals surface area contributed by atoms with Crippen molar-refractivity contribution in [3.8, 4) is 5.75 Å². The highest BCUT2D eigenvalue weighted by molar-refractivity contribution is 5.96. The molecule has 5 heteroatoms. The van der Waals surface area contributed by atoms with E-state index >= 15 is 0 Å². The zero-order chi connectivity index (χ0) is 11.5. The number of aromatic hydroxyl groups is 1. The lowest BCUT2D eigenvalue weighted by atomic mass is 10.1. The number of ether oxygens (including phenoxy) is 1. The fourth-order valence-electron chi connectivity index (χ4n) is 1.62. The molecule has 86 valence electrons. The smallest absolute Gasteiger partial charge is 0.257 e. The van der Waals surface area contributed by atoms with Crippen LogP contribution in [0, 0.1) is 5.82 Å². The lowest BCUT2D eigenvalue weighted by Crippen LogP contribution is -2.40. The summed E-state index contributed by atoms with van der Waals surface area (Å²) in [5, 5.41) is 9.49. The highest BCUT2D eigenvalue weighted by atomic mass is 19.1. The van der Waals surface area contributed by atoms with E-state index in [9.17, 15) is 14.3 Å². The lowest BCUT2D eigenvalue weighted by molar-refractivity contribution is 0.0300. The molecule has 0 atom stereocenters. The van der Waals surface area contributed by atoms with Crippen LogP contribution in [0.1, 0.15) is 10.4 Å². The number of hydrogen-bond acceptors (Lipinski definition) is 3. The second kappa shape index (κ2) is 4.49. The Morgan fingerprint density at radius 2 is 2.06 bits per heavy atom. The van der Waals surface area contributed by atoms with Gasteiger partial charge in [-0.25, -0.2) is 4.39 Å². The van der Waals surface area contributed by atoms with Crippen LogP contribution in [0.2, 0.25) is 0 Å². The molecule has 0 aromatic heterocycles. The van der Waals surface area contributed by atoms with Gasteiger partial charge in [0.25, 0.3) is 5.91 Å². The fraction of sp³-hybridized carbons (Fsp3) is 0.364. The number of benzene rings is 1. The first-order chi connectivity index (χ1) is 7.68. The highest BCUT2D eigenvalue weighted by Crippen LogP contribution is 2.20. The number of amides is 1. The van der Waals surface area contributed by atoms with Crippen molar-refractivity contribution in [1.82, 2.24) is 4.90 Å². The molecule has 0 aliphatic carbocycles. The molecular weight excluding hydrogens is 213 g/mol. The molecule has 1 saturated heterocycles. The molecule has 0 unspecified atom stereocenters. The molecule has 0 saturated carbocycles. The van der Waals surface area contributed by atoms with Gasteiger partial charge in [-0.3, -0.25) is 4.79 Å². The maximum atomic E-state index is 13.0. The Hall–Kier alpha value is -1.62. The van der Waals surface area contributed by atoms with Gasteiger partial charge < -0.3 is 14.7 Å². The summed E-state index contributed by atoms with van der Waals surface area (Å²) in [6.07, 6.45) is 0. The molecule has 0 radical (unpaired) electrons. The molecule has 2 rings (SSSR count). The summed E-state index contributed by atoms with van der Waals surface area (Å²) >= 11 is 0. The van der Waals surface area contributed by atoms with Gasteiger partial charge in [0, 0.05) is 13.1 Å². The van der Waals surface area contributed by atoms with Crippen LogP contribution >= 0.6 is 0 Å². The van der Waals surface area contributed by atoms with E-state index in [0.29, 0.717) is 26.3 Å². The second-order valence-corrected chi connectivity index (χ2v) is 3.57. The van der Waals surface area contributed by atoms with E-state index < -0.39 is 5.82 Å². The zero-order valence-electron chi connectivity index (χ0n) is 8.65. The van der Waals surface area contributed by atoms with E-state index in [1.165, 1.54) is 11.0 Å². The number of hydrogen-bond donors (Lipinski definition) is 1. The van der Waals surface area contributed by atoms with Gasteiger partial charge in [-0.15, -0.1) is 0 Å². The first kappa shape index (κ1) is 10.9. The van der Waals surface area contributed by atoms with Gasteiger partial charge in [-0.1, -0.05) is 0 Å². The van der Waals surface area contributed by atoms with Crippen LogP contribution in [0.5, 0.6) is 5.75 Å².